The second kappa shape index (κ2) is 8.04. The summed E-state index contributed by atoms with van der Waals surface area (Å²) in [4.78, 5) is 31.4. The molecule has 0 bridgehead atoms. The molecule has 0 aromatic heterocycles. The standard InChI is InChI=1S/C29H28N2O2/c1-18-14-15-23(17-20(18)3)26-27(30-16-8-11-22-10-5-6-12-25(22)30)29(33)31(28(26)32)24-13-7-9-19(2)21(24)4/h5-7,9-10,12-15,17H,8,11,16H2,1-4H3. The van der Waals surface area contributed by atoms with E-state index in [-0.39, 0.29) is 11.8 Å². The van der Waals surface area contributed by atoms with Crippen LogP contribution >= 0.6 is 0 Å². The smallest absolute Gasteiger partial charge is 0.282 e. The Morgan fingerprint density at radius 3 is 2.27 bits per heavy atom. The third-order valence-corrected chi connectivity index (χ3v) is 7.05. The van der Waals surface area contributed by atoms with Crippen LogP contribution in [0.1, 0.15) is 39.8 Å². The van der Waals surface area contributed by atoms with E-state index in [2.05, 4.69) is 24.0 Å². The molecule has 0 atom stereocenters. The Morgan fingerprint density at radius 2 is 1.48 bits per heavy atom. The van der Waals surface area contributed by atoms with Gasteiger partial charge in [-0.3, -0.25) is 9.59 Å². The first-order chi connectivity index (χ1) is 15.9. The second-order valence-electron chi connectivity index (χ2n) is 9.07. The highest BCUT2D eigenvalue weighted by molar-refractivity contribution is 6.46. The van der Waals surface area contributed by atoms with Gasteiger partial charge in [0, 0.05) is 12.2 Å². The first kappa shape index (κ1) is 21.2. The van der Waals surface area contributed by atoms with Gasteiger partial charge in [0.2, 0.25) is 0 Å². The van der Waals surface area contributed by atoms with Crippen LogP contribution in [0.2, 0.25) is 0 Å². The zero-order valence-electron chi connectivity index (χ0n) is 19.6. The summed E-state index contributed by atoms with van der Waals surface area (Å²) < 4.78 is 0. The lowest BCUT2D eigenvalue weighted by molar-refractivity contribution is -0.120. The quantitative estimate of drug-likeness (QED) is 0.498. The van der Waals surface area contributed by atoms with Gasteiger partial charge in [0.05, 0.1) is 11.3 Å². The van der Waals surface area contributed by atoms with E-state index in [0.717, 1.165) is 46.3 Å². The van der Waals surface area contributed by atoms with Gasteiger partial charge in [0.25, 0.3) is 11.8 Å². The molecule has 2 aliphatic heterocycles. The van der Waals surface area contributed by atoms with Crippen LogP contribution in [0, 0.1) is 27.7 Å². The first-order valence-electron chi connectivity index (χ1n) is 11.5. The molecular weight excluding hydrogens is 408 g/mol. The number of carbonyl (C=O) groups excluding carboxylic acids is 2. The number of imide groups is 1. The Labute approximate surface area is 195 Å². The number of aryl methyl sites for hydroxylation is 4. The summed E-state index contributed by atoms with van der Waals surface area (Å²) in [5, 5.41) is 0. The van der Waals surface area contributed by atoms with Crippen molar-refractivity contribution < 1.29 is 9.59 Å². The lowest BCUT2D eigenvalue weighted by Gasteiger charge is -2.32. The maximum absolute atomic E-state index is 14.0. The van der Waals surface area contributed by atoms with Gasteiger partial charge in [-0.05, 0) is 86.1 Å². The van der Waals surface area contributed by atoms with Crippen LogP contribution in [0.15, 0.2) is 66.4 Å². The Kier molecular flexibility index (Phi) is 5.16. The van der Waals surface area contributed by atoms with Crippen LogP contribution in [0.25, 0.3) is 5.57 Å². The molecule has 0 unspecified atom stereocenters. The minimum atomic E-state index is -0.255. The number of benzene rings is 3. The first-order valence-corrected chi connectivity index (χ1v) is 11.5. The summed E-state index contributed by atoms with van der Waals surface area (Å²) in [5.74, 6) is -0.506. The Hall–Kier alpha value is -3.66. The van der Waals surface area contributed by atoms with Crippen molar-refractivity contribution in [3.63, 3.8) is 0 Å². The van der Waals surface area contributed by atoms with Gasteiger partial charge in [-0.15, -0.1) is 0 Å². The van der Waals surface area contributed by atoms with Crippen molar-refractivity contribution in [3.05, 3.63) is 99.7 Å². The van der Waals surface area contributed by atoms with Crippen LogP contribution in [-0.4, -0.2) is 18.4 Å². The van der Waals surface area contributed by atoms with E-state index < -0.39 is 0 Å². The van der Waals surface area contributed by atoms with Crippen LogP contribution in [0.4, 0.5) is 11.4 Å². The molecule has 0 N–H and O–H groups in total. The summed E-state index contributed by atoms with van der Waals surface area (Å²) in [6.45, 7) is 8.77. The zero-order valence-corrected chi connectivity index (χ0v) is 19.6. The highest BCUT2D eigenvalue weighted by atomic mass is 16.2. The van der Waals surface area contributed by atoms with E-state index in [1.807, 2.05) is 69.3 Å². The number of rotatable bonds is 3. The van der Waals surface area contributed by atoms with Crippen molar-refractivity contribution in [2.24, 2.45) is 0 Å². The molecule has 33 heavy (non-hydrogen) atoms. The molecule has 4 nitrogen and oxygen atoms in total. The molecule has 5 rings (SSSR count). The largest absolute Gasteiger partial charge is 0.336 e. The van der Waals surface area contributed by atoms with Gasteiger partial charge in [-0.1, -0.05) is 48.5 Å². The molecule has 3 aromatic carbocycles. The van der Waals surface area contributed by atoms with Crippen molar-refractivity contribution in [2.45, 2.75) is 40.5 Å². The summed E-state index contributed by atoms with van der Waals surface area (Å²) in [6, 6.07) is 20.0. The van der Waals surface area contributed by atoms with Crippen molar-refractivity contribution in [1.82, 2.24) is 0 Å². The molecule has 0 saturated heterocycles. The molecule has 2 heterocycles. The molecule has 2 amide bonds. The van der Waals surface area contributed by atoms with E-state index in [1.165, 1.54) is 10.5 Å². The van der Waals surface area contributed by atoms with Crippen LogP contribution in [0.3, 0.4) is 0 Å². The Bertz CT molecular complexity index is 1340. The van der Waals surface area contributed by atoms with Crippen molar-refractivity contribution in [3.8, 4) is 0 Å². The number of hydrogen-bond donors (Lipinski definition) is 0. The fourth-order valence-corrected chi connectivity index (χ4v) is 4.89. The van der Waals surface area contributed by atoms with Crippen LogP contribution in [-0.2, 0) is 16.0 Å². The molecule has 0 spiro atoms. The Balaban J connectivity index is 1.74. The average molecular weight is 437 g/mol. The number of fused-ring (bicyclic) bond motifs is 1. The highest BCUT2D eigenvalue weighted by Gasteiger charge is 2.44. The number of anilines is 2. The van der Waals surface area contributed by atoms with Crippen molar-refractivity contribution in [1.29, 1.82) is 0 Å². The maximum Gasteiger partial charge on any atom is 0.282 e. The van der Waals surface area contributed by atoms with Gasteiger partial charge >= 0.3 is 0 Å². The number of hydrogen-bond acceptors (Lipinski definition) is 3. The van der Waals surface area contributed by atoms with Gasteiger partial charge in [-0.25, -0.2) is 4.90 Å². The lowest BCUT2D eigenvalue weighted by atomic mass is 9.97. The lowest BCUT2D eigenvalue weighted by Crippen LogP contribution is -2.37. The molecule has 3 aromatic rings. The number of nitrogens with zero attached hydrogens (tertiary/aromatic N) is 2. The van der Waals surface area contributed by atoms with Crippen LogP contribution in [0.5, 0.6) is 0 Å². The molecule has 166 valence electrons. The number of para-hydroxylation sites is 1. The molecular formula is C29H28N2O2. The van der Waals surface area contributed by atoms with Crippen molar-refractivity contribution >= 4 is 28.8 Å². The zero-order chi connectivity index (χ0) is 23.3. The fraction of sp³-hybridized carbons (Fsp3) is 0.241. The predicted molar refractivity (Wildman–Crippen MR) is 133 cm³/mol. The molecule has 0 radical (unpaired) electrons. The molecule has 4 heteroatoms. The highest BCUT2D eigenvalue weighted by Crippen LogP contribution is 2.40. The fourth-order valence-electron chi connectivity index (χ4n) is 4.89. The minimum absolute atomic E-state index is 0.251. The monoisotopic (exact) mass is 436 g/mol. The molecule has 0 saturated carbocycles. The average Bonchev–Trinajstić information content (AvgIpc) is 3.07. The summed E-state index contributed by atoms with van der Waals surface area (Å²) in [5.41, 5.74) is 8.91. The SMILES string of the molecule is Cc1ccc(C2=C(N3CCCc4ccccc43)C(=O)N(c3cccc(C)c3C)C2=O)cc1C. The Morgan fingerprint density at radius 1 is 0.727 bits per heavy atom. The summed E-state index contributed by atoms with van der Waals surface area (Å²) in [6.07, 6.45) is 1.91. The third-order valence-electron chi connectivity index (χ3n) is 7.05. The van der Waals surface area contributed by atoms with Gasteiger partial charge in [-0.2, -0.15) is 0 Å². The van der Waals surface area contributed by atoms with Crippen molar-refractivity contribution in [2.75, 3.05) is 16.3 Å². The van der Waals surface area contributed by atoms with Gasteiger partial charge < -0.3 is 4.90 Å². The number of carbonyl (C=O) groups is 2. The van der Waals surface area contributed by atoms with Gasteiger partial charge in [0.15, 0.2) is 0 Å². The van der Waals surface area contributed by atoms with E-state index >= 15 is 0 Å². The van der Waals surface area contributed by atoms with Crippen LogP contribution < -0.4 is 9.80 Å². The summed E-state index contributed by atoms with van der Waals surface area (Å²) >= 11 is 0. The third kappa shape index (κ3) is 3.37. The maximum atomic E-state index is 14.0. The molecule has 0 fully saturated rings. The second-order valence-corrected chi connectivity index (χ2v) is 9.07. The van der Waals surface area contributed by atoms with E-state index in [9.17, 15) is 9.59 Å². The van der Waals surface area contributed by atoms with Gasteiger partial charge in [0.1, 0.15) is 5.70 Å². The topological polar surface area (TPSA) is 40.6 Å². The summed E-state index contributed by atoms with van der Waals surface area (Å²) in [7, 11) is 0. The molecule has 2 aliphatic rings. The van der Waals surface area contributed by atoms with E-state index in [1.54, 1.807) is 0 Å². The van der Waals surface area contributed by atoms with E-state index in [0.29, 0.717) is 23.5 Å². The normalized spacial score (nSPS) is 16.0. The molecule has 0 aliphatic carbocycles. The minimum Gasteiger partial charge on any atom is -0.336 e. The van der Waals surface area contributed by atoms with E-state index in [4.69, 9.17) is 0 Å². The predicted octanol–water partition coefficient (Wildman–Crippen LogP) is 5.66. The number of amides is 2.